The molecule has 2 nitrogen and oxygen atoms in total. The second kappa shape index (κ2) is 5.27. The molecule has 0 unspecified atom stereocenters. The molecule has 12 heavy (non-hydrogen) atoms. The van der Waals surface area contributed by atoms with Gasteiger partial charge in [0.2, 0.25) is 0 Å². The zero-order valence-corrected chi connectivity index (χ0v) is 8.58. The summed E-state index contributed by atoms with van der Waals surface area (Å²) in [6, 6.07) is 0. The average Bonchev–Trinajstić information content (AvgIpc) is 2.45. The van der Waals surface area contributed by atoms with Gasteiger partial charge in [0.1, 0.15) is 0 Å². The van der Waals surface area contributed by atoms with Crippen molar-refractivity contribution in [2.45, 2.75) is 33.2 Å². The zero-order valence-electron chi connectivity index (χ0n) is 7.76. The lowest BCUT2D eigenvalue weighted by molar-refractivity contribution is 0.634. The number of aromatic nitrogens is 1. The molecule has 1 N–H and O–H groups in total. The number of hydrogen-bond acceptors (Lipinski definition) is 3. The fourth-order valence-corrected chi connectivity index (χ4v) is 1.62. The van der Waals surface area contributed by atoms with Gasteiger partial charge in [-0.25, -0.2) is 4.98 Å². The SMILES string of the molecule is CCCCNCc1csc(C)n1. The first-order valence-corrected chi connectivity index (χ1v) is 5.32. The Labute approximate surface area is 78.0 Å². The van der Waals surface area contributed by atoms with E-state index < -0.39 is 0 Å². The highest BCUT2D eigenvalue weighted by Gasteiger charge is 1.95. The molecule has 1 heterocycles. The first kappa shape index (κ1) is 9.68. The van der Waals surface area contributed by atoms with Crippen LogP contribution < -0.4 is 5.32 Å². The van der Waals surface area contributed by atoms with Crippen molar-refractivity contribution in [3.63, 3.8) is 0 Å². The molecule has 0 amide bonds. The average molecular weight is 184 g/mol. The van der Waals surface area contributed by atoms with E-state index in [0.717, 1.165) is 18.1 Å². The van der Waals surface area contributed by atoms with Crippen LogP contribution in [0.1, 0.15) is 30.5 Å². The standard InChI is InChI=1S/C9H16N2S/c1-3-4-5-10-6-9-7-12-8(2)11-9/h7,10H,3-6H2,1-2H3. The topological polar surface area (TPSA) is 24.9 Å². The third kappa shape index (κ3) is 3.32. The van der Waals surface area contributed by atoms with Crippen molar-refractivity contribution in [2.75, 3.05) is 6.54 Å². The fourth-order valence-electron chi connectivity index (χ4n) is 1.01. The first-order chi connectivity index (χ1) is 5.83. The lowest BCUT2D eigenvalue weighted by Gasteiger charge is -1.99. The number of unbranched alkanes of at least 4 members (excludes halogenated alkanes) is 1. The van der Waals surface area contributed by atoms with Gasteiger partial charge in [0.15, 0.2) is 0 Å². The monoisotopic (exact) mass is 184 g/mol. The molecule has 1 aromatic heterocycles. The van der Waals surface area contributed by atoms with E-state index in [9.17, 15) is 0 Å². The minimum Gasteiger partial charge on any atom is -0.311 e. The number of nitrogens with one attached hydrogen (secondary N) is 1. The third-order valence-electron chi connectivity index (χ3n) is 1.68. The number of nitrogens with zero attached hydrogens (tertiary/aromatic N) is 1. The largest absolute Gasteiger partial charge is 0.311 e. The van der Waals surface area contributed by atoms with Gasteiger partial charge in [0.25, 0.3) is 0 Å². The van der Waals surface area contributed by atoms with Crippen LogP contribution in [0, 0.1) is 6.92 Å². The maximum absolute atomic E-state index is 4.36. The van der Waals surface area contributed by atoms with E-state index >= 15 is 0 Å². The summed E-state index contributed by atoms with van der Waals surface area (Å²) in [6.45, 7) is 6.27. The molecule has 0 aliphatic rings. The highest BCUT2D eigenvalue weighted by molar-refractivity contribution is 7.09. The molecule has 0 saturated heterocycles. The zero-order chi connectivity index (χ0) is 8.81. The van der Waals surface area contributed by atoms with Gasteiger partial charge in [-0.05, 0) is 19.9 Å². The molecule has 0 fully saturated rings. The molecular formula is C9H16N2S. The normalized spacial score (nSPS) is 10.5. The lowest BCUT2D eigenvalue weighted by Crippen LogP contribution is -2.14. The number of aryl methyl sites for hydroxylation is 1. The Morgan fingerprint density at radius 1 is 1.58 bits per heavy atom. The molecule has 68 valence electrons. The lowest BCUT2D eigenvalue weighted by atomic mass is 10.3. The second-order valence-electron chi connectivity index (χ2n) is 2.89. The molecule has 0 spiro atoms. The van der Waals surface area contributed by atoms with Crippen LogP contribution in [0.25, 0.3) is 0 Å². The highest BCUT2D eigenvalue weighted by atomic mass is 32.1. The summed E-state index contributed by atoms with van der Waals surface area (Å²) in [5, 5.41) is 6.63. The summed E-state index contributed by atoms with van der Waals surface area (Å²) in [5.74, 6) is 0. The summed E-state index contributed by atoms with van der Waals surface area (Å²) < 4.78 is 0. The van der Waals surface area contributed by atoms with Gasteiger partial charge in [0, 0.05) is 11.9 Å². The van der Waals surface area contributed by atoms with E-state index in [1.165, 1.54) is 18.5 Å². The van der Waals surface area contributed by atoms with E-state index in [0.29, 0.717) is 0 Å². The predicted octanol–water partition coefficient (Wildman–Crippen LogP) is 2.34. The van der Waals surface area contributed by atoms with Gasteiger partial charge in [-0.3, -0.25) is 0 Å². The van der Waals surface area contributed by atoms with Crippen molar-refractivity contribution < 1.29 is 0 Å². The van der Waals surface area contributed by atoms with Crippen LogP contribution in [-0.4, -0.2) is 11.5 Å². The number of hydrogen-bond donors (Lipinski definition) is 1. The fraction of sp³-hybridized carbons (Fsp3) is 0.667. The van der Waals surface area contributed by atoms with Gasteiger partial charge in [-0.15, -0.1) is 11.3 Å². The molecule has 1 aromatic rings. The quantitative estimate of drug-likeness (QED) is 0.710. The Hall–Kier alpha value is -0.410. The molecular weight excluding hydrogens is 168 g/mol. The number of thiazole rings is 1. The smallest absolute Gasteiger partial charge is 0.0897 e. The van der Waals surface area contributed by atoms with E-state index in [-0.39, 0.29) is 0 Å². The van der Waals surface area contributed by atoms with Gasteiger partial charge < -0.3 is 5.32 Å². The van der Waals surface area contributed by atoms with Crippen LogP contribution in [0.5, 0.6) is 0 Å². The Kier molecular flexibility index (Phi) is 4.25. The Morgan fingerprint density at radius 2 is 2.42 bits per heavy atom. The summed E-state index contributed by atoms with van der Waals surface area (Å²) in [4.78, 5) is 4.36. The van der Waals surface area contributed by atoms with Crippen molar-refractivity contribution in [3.8, 4) is 0 Å². The van der Waals surface area contributed by atoms with Crippen molar-refractivity contribution in [1.82, 2.24) is 10.3 Å². The molecule has 0 bridgehead atoms. The van der Waals surface area contributed by atoms with Gasteiger partial charge >= 0.3 is 0 Å². The van der Waals surface area contributed by atoms with Gasteiger partial charge in [-0.2, -0.15) is 0 Å². The van der Waals surface area contributed by atoms with Crippen molar-refractivity contribution >= 4 is 11.3 Å². The second-order valence-corrected chi connectivity index (χ2v) is 3.95. The molecule has 0 aliphatic heterocycles. The van der Waals surface area contributed by atoms with Crippen molar-refractivity contribution in [2.24, 2.45) is 0 Å². The van der Waals surface area contributed by atoms with Crippen molar-refractivity contribution in [3.05, 3.63) is 16.1 Å². The third-order valence-corrected chi connectivity index (χ3v) is 2.50. The molecule has 0 atom stereocenters. The number of rotatable bonds is 5. The van der Waals surface area contributed by atoms with Crippen molar-refractivity contribution in [1.29, 1.82) is 0 Å². The van der Waals surface area contributed by atoms with Gasteiger partial charge in [-0.1, -0.05) is 13.3 Å². The molecule has 0 aliphatic carbocycles. The Balaban J connectivity index is 2.15. The van der Waals surface area contributed by atoms with Crippen LogP contribution >= 0.6 is 11.3 Å². The molecule has 1 rings (SSSR count). The predicted molar refractivity (Wildman–Crippen MR) is 53.5 cm³/mol. The Morgan fingerprint density at radius 3 is 3.00 bits per heavy atom. The van der Waals surface area contributed by atoms with E-state index in [1.807, 2.05) is 6.92 Å². The minimum atomic E-state index is 0.921. The maximum Gasteiger partial charge on any atom is 0.0897 e. The summed E-state index contributed by atoms with van der Waals surface area (Å²) in [5.41, 5.74) is 1.17. The maximum atomic E-state index is 4.36. The van der Waals surface area contributed by atoms with Crippen LogP contribution in [0.2, 0.25) is 0 Å². The summed E-state index contributed by atoms with van der Waals surface area (Å²) >= 11 is 1.72. The van der Waals surface area contributed by atoms with Gasteiger partial charge in [0.05, 0.1) is 10.7 Å². The molecule has 3 heteroatoms. The summed E-state index contributed by atoms with van der Waals surface area (Å²) in [6.07, 6.45) is 2.51. The molecule has 0 radical (unpaired) electrons. The minimum absolute atomic E-state index is 0.921. The van der Waals surface area contributed by atoms with Crippen LogP contribution in [0.3, 0.4) is 0 Å². The van der Waals surface area contributed by atoms with Crippen LogP contribution in [0.4, 0.5) is 0 Å². The van der Waals surface area contributed by atoms with Crippen LogP contribution in [-0.2, 0) is 6.54 Å². The highest BCUT2D eigenvalue weighted by Crippen LogP contribution is 2.06. The van der Waals surface area contributed by atoms with Crippen LogP contribution in [0.15, 0.2) is 5.38 Å². The molecule has 0 saturated carbocycles. The first-order valence-electron chi connectivity index (χ1n) is 4.44. The molecule has 0 aromatic carbocycles. The Bertz CT molecular complexity index is 220. The van der Waals surface area contributed by atoms with E-state index in [2.05, 4.69) is 22.6 Å². The van der Waals surface area contributed by atoms with E-state index in [4.69, 9.17) is 0 Å². The summed E-state index contributed by atoms with van der Waals surface area (Å²) in [7, 11) is 0. The van der Waals surface area contributed by atoms with E-state index in [1.54, 1.807) is 11.3 Å².